The molecule has 1 amide bonds. The number of aromatic nitrogens is 4. The third-order valence-corrected chi connectivity index (χ3v) is 4.53. The molecule has 1 aromatic heterocycles. The average Bonchev–Trinajstić information content (AvgIpc) is 3.15. The maximum Gasteiger partial charge on any atom is 0.234 e. The Hall–Kier alpha value is -3.38. The van der Waals surface area contributed by atoms with Crippen molar-refractivity contribution < 1.29 is 9.53 Å². The first kappa shape index (κ1) is 18.4. The fourth-order valence-corrected chi connectivity index (χ4v) is 3.06. The number of carbonyl (C=O) groups is 1. The number of hydrogen-bond acceptors (Lipinski definition) is 7. The largest absolute Gasteiger partial charge is 0.494 e. The van der Waals surface area contributed by atoms with Crippen molar-refractivity contribution in [3.8, 4) is 17.5 Å². The lowest BCUT2D eigenvalue weighted by molar-refractivity contribution is -0.113. The summed E-state index contributed by atoms with van der Waals surface area (Å²) in [5, 5.41) is 23.9. The second-order valence-electron chi connectivity index (χ2n) is 5.58. The lowest BCUT2D eigenvalue weighted by atomic mass is 10.2. The van der Waals surface area contributed by atoms with E-state index in [1.165, 1.54) is 11.8 Å². The zero-order chi connectivity index (χ0) is 19.2. The molecule has 0 spiro atoms. The van der Waals surface area contributed by atoms with Crippen LogP contribution in [-0.2, 0) is 4.79 Å². The van der Waals surface area contributed by atoms with Crippen LogP contribution in [0.1, 0.15) is 11.1 Å². The van der Waals surface area contributed by atoms with Gasteiger partial charge in [0.2, 0.25) is 11.1 Å². The number of ether oxygens (including phenoxy) is 1. The van der Waals surface area contributed by atoms with Crippen LogP contribution in [0.4, 0.5) is 5.69 Å². The Labute approximate surface area is 160 Å². The second kappa shape index (κ2) is 8.33. The normalized spacial score (nSPS) is 10.3. The number of nitrogens with one attached hydrogen (secondary N) is 1. The number of anilines is 1. The third-order valence-electron chi connectivity index (χ3n) is 3.61. The Kier molecular flexibility index (Phi) is 5.68. The van der Waals surface area contributed by atoms with Crippen molar-refractivity contribution in [1.29, 1.82) is 5.26 Å². The molecule has 0 aliphatic rings. The molecule has 2 aromatic carbocycles. The Balaban J connectivity index is 1.71. The van der Waals surface area contributed by atoms with Gasteiger partial charge in [0.25, 0.3) is 0 Å². The molecule has 0 unspecified atom stereocenters. The molecule has 8 nitrogen and oxygen atoms in total. The van der Waals surface area contributed by atoms with Gasteiger partial charge in [-0.15, -0.1) is 5.10 Å². The Morgan fingerprint density at radius 2 is 2.19 bits per heavy atom. The first-order valence-electron chi connectivity index (χ1n) is 7.97. The quantitative estimate of drug-likeness (QED) is 0.655. The van der Waals surface area contributed by atoms with E-state index in [1.54, 1.807) is 36.1 Å². The number of aryl methyl sites for hydroxylation is 1. The zero-order valence-corrected chi connectivity index (χ0v) is 15.5. The molecule has 27 heavy (non-hydrogen) atoms. The van der Waals surface area contributed by atoms with Crippen molar-refractivity contribution in [3.05, 3.63) is 53.6 Å². The Bertz CT molecular complexity index is 1010. The molecule has 0 saturated carbocycles. The van der Waals surface area contributed by atoms with Gasteiger partial charge in [0.05, 0.1) is 24.5 Å². The van der Waals surface area contributed by atoms with E-state index in [0.717, 1.165) is 5.56 Å². The number of hydrogen-bond donors (Lipinski definition) is 1. The number of carbonyl (C=O) groups excluding carboxylic acids is 1. The van der Waals surface area contributed by atoms with Crippen LogP contribution in [0.15, 0.2) is 47.6 Å². The molecule has 0 radical (unpaired) electrons. The first-order chi connectivity index (χ1) is 13.1. The van der Waals surface area contributed by atoms with Crippen molar-refractivity contribution in [2.45, 2.75) is 12.1 Å². The summed E-state index contributed by atoms with van der Waals surface area (Å²) in [6.07, 6.45) is 0. The molecule has 0 aliphatic heterocycles. The van der Waals surface area contributed by atoms with Crippen LogP contribution in [0.25, 0.3) is 5.69 Å². The van der Waals surface area contributed by atoms with Crippen molar-refractivity contribution in [1.82, 2.24) is 20.2 Å². The number of nitrogens with zero attached hydrogens (tertiary/aromatic N) is 5. The number of rotatable bonds is 6. The van der Waals surface area contributed by atoms with Crippen LogP contribution < -0.4 is 10.1 Å². The first-order valence-corrected chi connectivity index (χ1v) is 8.95. The zero-order valence-electron chi connectivity index (χ0n) is 14.7. The minimum absolute atomic E-state index is 0.116. The summed E-state index contributed by atoms with van der Waals surface area (Å²) < 4.78 is 6.92. The molecule has 3 aromatic rings. The Morgan fingerprint density at radius 3 is 2.96 bits per heavy atom. The smallest absolute Gasteiger partial charge is 0.234 e. The van der Waals surface area contributed by atoms with Crippen LogP contribution in [0, 0.1) is 18.3 Å². The summed E-state index contributed by atoms with van der Waals surface area (Å²) in [6.45, 7) is 1.96. The number of benzene rings is 2. The third kappa shape index (κ3) is 4.43. The number of methoxy groups -OCH3 is 1. The van der Waals surface area contributed by atoms with E-state index in [-0.39, 0.29) is 11.7 Å². The van der Waals surface area contributed by atoms with Gasteiger partial charge in [0, 0.05) is 5.69 Å². The monoisotopic (exact) mass is 380 g/mol. The van der Waals surface area contributed by atoms with Gasteiger partial charge in [-0.25, -0.2) is 0 Å². The average molecular weight is 380 g/mol. The minimum atomic E-state index is -0.221. The van der Waals surface area contributed by atoms with E-state index in [2.05, 4.69) is 20.8 Å². The molecule has 1 N–H and O–H groups in total. The van der Waals surface area contributed by atoms with Crippen molar-refractivity contribution in [2.24, 2.45) is 0 Å². The van der Waals surface area contributed by atoms with E-state index in [9.17, 15) is 4.79 Å². The molecule has 0 bridgehead atoms. The highest BCUT2D eigenvalue weighted by molar-refractivity contribution is 7.99. The van der Waals surface area contributed by atoms with E-state index >= 15 is 0 Å². The van der Waals surface area contributed by atoms with Gasteiger partial charge < -0.3 is 10.1 Å². The molecule has 0 aliphatic carbocycles. The number of thioether (sulfide) groups is 1. The summed E-state index contributed by atoms with van der Waals surface area (Å²) in [6, 6.07) is 14.5. The topological polar surface area (TPSA) is 106 Å². The fourth-order valence-electron chi connectivity index (χ4n) is 2.38. The maximum atomic E-state index is 12.2. The lowest BCUT2D eigenvalue weighted by Gasteiger charge is -2.10. The highest BCUT2D eigenvalue weighted by Crippen LogP contribution is 2.27. The SMILES string of the molecule is COc1ccc(C)cc1-n1nnnc1SCC(=O)Nc1cccc(C#N)c1. The predicted octanol–water partition coefficient (Wildman–Crippen LogP) is 2.58. The standard InChI is InChI=1S/C18H16N6O2S/c1-12-6-7-16(26-2)15(8-12)24-18(21-22-23-24)27-11-17(25)20-14-5-3-4-13(9-14)10-19/h3-9H,11H2,1-2H3,(H,20,25). The van der Waals surface area contributed by atoms with Gasteiger partial charge in [0.1, 0.15) is 11.4 Å². The van der Waals surface area contributed by atoms with E-state index in [4.69, 9.17) is 10.00 Å². The van der Waals surface area contributed by atoms with Crippen LogP contribution in [0.5, 0.6) is 5.75 Å². The molecule has 3 rings (SSSR count). The fraction of sp³-hybridized carbons (Fsp3) is 0.167. The summed E-state index contributed by atoms with van der Waals surface area (Å²) in [5.74, 6) is 0.527. The highest BCUT2D eigenvalue weighted by atomic mass is 32.2. The lowest BCUT2D eigenvalue weighted by Crippen LogP contribution is -2.14. The molecule has 0 atom stereocenters. The van der Waals surface area contributed by atoms with Gasteiger partial charge in [-0.2, -0.15) is 9.94 Å². The van der Waals surface area contributed by atoms with Crippen LogP contribution in [0.2, 0.25) is 0 Å². The van der Waals surface area contributed by atoms with Gasteiger partial charge in [-0.3, -0.25) is 4.79 Å². The second-order valence-corrected chi connectivity index (χ2v) is 6.52. The molecular weight excluding hydrogens is 364 g/mol. The minimum Gasteiger partial charge on any atom is -0.494 e. The van der Waals surface area contributed by atoms with E-state index < -0.39 is 0 Å². The molecule has 136 valence electrons. The summed E-state index contributed by atoms with van der Waals surface area (Å²) in [7, 11) is 1.58. The molecular formula is C18H16N6O2S. The molecule has 9 heteroatoms. The van der Waals surface area contributed by atoms with Gasteiger partial charge >= 0.3 is 0 Å². The summed E-state index contributed by atoms with van der Waals surface area (Å²) in [5.41, 5.74) is 2.79. The highest BCUT2D eigenvalue weighted by Gasteiger charge is 2.15. The van der Waals surface area contributed by atoms with Crippen LogP contribution in [0.3, 0.4) is 0 Å². The number of amides is 1. The van der Waals surface area contributed by atoms with E-state index in [0.29, 0.717) is 27.8 Å². The molecule has 0 fully saturated rings. The molecule has 1 heterocycles. The molecule has 0 saturated heterocycles. The van der Waals surface area contributed by atoms with Crippen molar-refractivity contribution in [3.63, 3.8) is 0 Å². The Morgan fingerprint density at radius 1 is 1.33 bits per heavy atom. The maximum absolute atomic E-state index is 12.2. The number of nitriles is 1. The van der Waals surface area contributed by atoms with E-state index in [1.807, 2.05) is 31.2 Å². The summed E-state index contributed by atoms with van der Waals surface area (Å²) >= 11 is 1.21. The van der Waals surface area contributed by atoms with Crippen molar-refractivity contribution in [2.75, 3.05) is 18.2 Å². The van der Waals surface area contributed by atoms with Crippen LogP contribution in [-0.4, -0.2) is 39.0 Å². The van der Waals surface area contributed by atoms with Gasteiger partial charge in [-0.05, 0) is 53.2 Å². The number of tetrazole rings is 1. The predicted molar refractivity (Wildman–Crippen MR) is 101 cm³/mol. The summed E-state index contributed by atoms with van der Waals surface area (Å²) in [4.78, 5) is 12.2. The van der Waals surface area contributed by atoms with Gasteiger partial charge in [0.15, 0.2) is 0 Å². The van der Waals surface area contributed by atoms with Gasteiger partial charge in [-0.1, -0.05) is 23.9 Å². The van der Waals surface area contributed by atoms with Crippen molar-refractivity contribution >= 4 is 23.4 Å². The van der Waals surface area contributed by atoms with Crippen LogP contribution >= 0.6 is 11.8 Å².